The molecule has 2 amide bonds. The van der Waals surface area contributed by atoms with E-state index >= 15 is 4.39 Å². The second-order valence-corrected chi connectivity index (χ2v) is 11.1. The van der Waals surface area contributed by atoms with Crippen LogP contribution in [-0.4, -0.2) is 106 Å². The SMILES string of the molecule is CN(C)C1CCN(c2nc(-c3c(O)cccc3F)c(Cl)c3c2C(=O)N2CCN(C(=O)O)C[C@@H]2CO3)C1(C)C. The van der Waals surface area contributed by atoms with Crippen LogP contribution in [0.15, 0.2) is 18.2 Å². The van der Waals surface area contributed by atoms with Gasteiger partial charge < -0.3 is 34.5 Å². The van der Waals surface area contributed by atoms with Crippen LogP contribution in [0, 0.1) is 5.82 Å². The first-order valence-electron chi connectivity index (χ1n) is 12.5. The summed E-state index contributed by atoms with van der Waals surface area (Å²) in [4.78, 5) is 37.5. The fourth-order valence-electron chi connectivity index (χ4n) is 6.07. The van der Waals surface area contributed by atoms with Gasteiger partial charge in [0.2, 0.25) is 0 Å². The standard InChI is InChI=1S/C26H31ClFN5O5/c1-26(2)17(30(3)4)8-9-33(26)23-19-22(20(27)21(29-23)18-15(28)6-5-7-16(18)34)38-13-14-12-31(25(36)37)10-11-32(14)24(19)35/h5-7,14,17,34H,8-13H2,1-4H3,(H,36,37)/t14-,17?/m1/s1. The summed E-state index contributed by atoms with van der Waals surface area (Å²) in [6, 6.07) is 3.53. The van der Waals surface area contributed by atoms with Crippen LogP contribution in [0.1, 0.15) is 30.6 Å². The Kier molecular flexibility index (Phi) is 6.55. The third-order valence-corrected chi connectivity index (χ3v) is 8.32. The number of hydrogen-bond donors (Lipinski definition) is 2. The molecule has 2 saturated heterocycles. The molecule has 2 aromatic rings. The van der Waals surface area contributed by atoms with E-state index in [1.54, 1.807) is 4.90 Å². The molecule has 3 aliphatic rings. The molecular weight excluding hydrogens is 517 g/mol. The Balaban J connectivity index is 1.72. The second kappa shape index (κ2) is 9.46. The molecule has 2 N–H and O–H groups in total. The first-order valence-corrected chi connectivity index (χ1v) is 12.9. The van der Waals surface area contributed by atoms with Gasteiger partial charge in [-0.25, -0.2) is 14.2 Å². The number of piperazine rings is 1. The molecule has 0 bridgehead atoms. The Bertz CT molecular complexity index is 1290. The second-order valence-electron chi connectivity index (χ2n) is 10.7. The number of amides is 2. The number of hydrogen-bond acceptors (Lipinski definition) is 7. The normalized spacial score (nSPS) is 22.7. The Morgan fingerprint density at radius 1 is 1.24 bits per heavy atom. The van der Waals surface area contributed by atoms with E-state index in [9.17, 15) is 19.8 Å². The summed E-state index contributed by atoms with van der Waals surface area (Å²) in [7, 11) is 3.99. The minimum Gasteiger partial charge on any atom is -0.507 e. The van der Waals surface area contributed by atoms with Gasteiger partial charge in [0.1, 0.15) is 40.3 Å². The van der Waals surface area contributed by atoms with Crippen LogP contribution in [0.25, 0.3) is 11.3 Å². The van der Waals surface area contributed by atoms with E-state index in [0.717, 1.165) is 6.42 Å². The summed E-state index contributed by atoms with van der Waals surface area (Å²) in [6.45, 7) is 5.14. The number of carbonyl (C=O) groups is 2. The number of phenols is 1. The highest BCUT2D eigenvalue weighted by atomic mass is 35.5. The summed E-state index contributed by atoms with van der Waals surface area (Å²) in [5.41, 5.74) is -0.522. The van der Waals surface area contributed by atoms with Crippen LogP contribution in [0.5, 0.6) is 11.5 Å². The van der Waals surface area contributed by atoms with E-state index < -0.39 is 23.5 Å². The molecule has 38 heavy (non-hydrogen) atoms. The maximum absolute atomic E-state index is 15.0. The van der Waals surface area contributed by atoms with Gasteiger partial charge in [-0.15, -0.1) is 0 Å². The number of anilines is 1. The zero-order chi connectivity index (χ0) is 27.5. The van der Waals surface area contributed by atoms with Gasteiger partial charge in [-0.1, -0.05) is 17.7 Å². The maximum atomic E-state index is 15.0. The van der Waals surface area contributed by atoms with E-state index in [1.807, 2.05) is 19.0 Å². The number of rotatable bonds is 3. The van der Waals surface area contributed by atoms with Crippen molar-refractivity contribution in [3.05, 3.63) is 34.6 Å². The van der Waals surface area contributed by atoms with Crippen molar-refractivity contribution in [2.24, 2.45) is 0 Å². The molecule has 10 nitrogen and oxygen atoms in total. The number of aromatic nitrogens is 1. The van der Waals surface area contributed by atoms with E-state index in [1.165, 1.54) is 23.1 Å². The highest BCUT2D eigenvalue weighted by molar-refractivity contribution is 6.35. The van der Waals surface area contributed by atoms with Crippen LogP contribution in [0.2, 0.25) is 5.02 Å². The lowest BCUT2D eigenvalue weighted by Crippen LogP contribution is -2.57. The van der Waals surface area contributed by atoms with Gasteiger partial charge in [0.15, 0.2) is 5.75 Å². The van der Waals surface area contributed by atoms with E-state index in [2.05, 4.69) is 18.7 Å². The first kappa shape index (κ1) is 26.3. The minimum atomic E-state index is -1.06. The molecule has 2 fully saturated rings. The van der Waals surface area contributed by atoms with Gasteiger partial charge in [-0.2, -0.15) is 0 Å². The summed E-state index contributed by atoms with van der Waals surface area (Å²) >= 11 is 6.78. The summed E-state index contributed by atoms with van der Waals surface area (Å²) in [6.07, 6.45) is -0.265. The van der Waals surface area contributed by atoms with Crippen LogP contribution in [0.4, 0.5) is 15.0 Å². The molecule has 5 rings (SSSR count). The lowest BCUT2D eigenvalue weighted by molar-refractivity contribution is 0.0390. The average molecular weight is 548 g/mol. The summed E-state index contributed by atoms with van der Waals surface area (Å²) in [5.74, 6) is -1.08. The Morgan fingerprint density at radius 3 is 2.61 bits per heavy atom. The largest absolute Gasteiger partial charge is 0.507 e. The Labute approximate surface area is 225 Å². The van der Waals surface area contributed by atoms with Crippen LogP contribution in [-0.2, 0) is 0 Å². The van der Waals surface area contributed by atoms with E-state index in [-0.39, 0.29) is 71.5 Å². The topological polar surface area (TPSA) is 110 Å². The predicted octanol–water partition coefficient (Wildman–Crippen LogP) is 3.36. The molecule has 0 radical (unpaired) electrons. The highest BCUT2D eigenvalue weighted by Crippen LogP contribution is 2.48. The molecule has 0 saturated carbocycles. The number of ether oxygens (including phenoxy) is 1. The number of halogens is 2. The number of carbonyl (C=O) groups excluding carboxylic acids is 1. The van der Waals surface area contributed by atoms with Crippen molar-refractivity contribution >= 4 is 29.4 Å². The number of phenolic OH excluding ortho intramolecular Hbond substituents is 1. The quantitative estimate of drug-likeness (QED) is 0.602. The Morgan fingerprint density at radius 2 is 1.97 bits per heavy atom. The van der Waals surface area contributed by atoms with Gasteiger partial charge in [-0.3, -0.25) is 4.79 Å². The van der Waals surface area contributed by atoms with Gasteiger partial charge in [0, 0.05) is 32.2 Å². The first-order chi connectivity index (χ1) is 17.9. The van der Waals surface area contributed by atoms with Gasteiger partial charge in [-0.05, 0) is 46.5 Å². The lowest BCUT2D eigenvalue weighted by Gasteiger charge is -2.41. The fraction of sp³-hybridized carbons (Fsp3) is 0.500. The Hall–Kier alpha value is -3.31. The van der Waals surface area contributed by atoms with Crippen LogP contribution >= 0.6 is 11.6 Å². The monoisotopic (exact) mass is 547 g/mol. The van der Waals surface area contributed by atoms with Crippen LogP contribution in [0.3, 0.4) is 0 Å². The molecule has 4 heterocycles. The molecule has 2 atom stereocenters. The highest BCUT2D eigenvalue weighted by Gasteiger charge is 2.47. The molecule has 204 valence electrons. The zero-order valence-electron chi connectivity index (χ0n) is 21.7. The molecule has 0 aliphatic carbocycles. The van der Waals surface area contributed by atoms with Crippen molar-refractivity contribution in [2.45, 2.75) is 37.9 Å². The number of aromatic hydroxyl groups is 1. The van der Waals surface area contributed by atoms with Crippen molar-refractivity contribution in [1.82, 2.24) is 19.7 Å². The molecule has 1 aromatic carbocycles. The zero-order valence-corrected chi connectivity index (χ0v) is 22.5. The van der Waals surface area contributed by atoms with Gasteiger partial charge in [0.05, 0.1) is 17.1 Å². The van der Waals surface area contributed by atoms with E-state index in [0.29, 0.717) is 12.4 Å². The summed E-state index contributed by atoms with van der Waals surface area (Å²) < 4.78 is 21.2. The smallest absolute Gasteiger partial charge is 0.407 e. The minimum absolute atomic E-state index is 0.00188. The van der Waals surface area contributed by atoms with E-state index in [4.69, 9.17) is 21.3 Å². The molecule has 12 heteroatoms. The maximum Gasteiger partial charge on any atom is 0.407 e. The number of nitrogens with zero attached hydrogens (tertiary/aromatic N) is 5. The average Bonchev–Trinajstić information content (AvgIpc) is 3.09. The number of pyridine rings is 1. The third kappa shape index (κ3) is 4.08. The third-order valence-electron chi connectivity index (χ3n) is 7.97. The van der Waals surface area contributed by atoms with Crippen molar-refractivity contribution in [3.63, 3.8) is 0 Å². The molecule has 0 spiro atoms. The summed E-state index contributed by atoms with van der Waals surface area (Å²) in [5, 5.41) is 20.0. The van der Waals surface area contributed by atoms with Crippen molar-refractivity contribution in [2.75, 3.05) is 51.8 Å². The van der Waals surface area contributed by atoms with Crippen molar-refractivity contribution in [3.8, 4) is 22.8 Å². The van der Waals surface area contributed by atoms with Crippen LogP contribution < -0.4 is 9.64 Å². The lowest BCUT2D eigenvalue weighted by atomic mass is 9.94. The predicted molar refractivity (Wildman–Crippen MR) is 140 cm³/mol. The molecule has 1 unspecified atom stereocenters. The number of likely N-dealkylation sites (N-methyl/N-ethyl adjacent to an activating group) is 1. The number of benzene rings is 1. The molecule has 1 aromatic heterocycles. The number of carboxylic acid groups (broad SMARTS) is 1. The van der Waals surface area contributed by atoms with Crippen molar-refractivity contribution < 1.29 is 28.9 Å². The number of fused-ring (bicyclic) bond motifs is 2. The van der Waals surface area contributed by atoms with Gasteiger partial charge in [0.25, 0.3) is 5.91 Å². The fourth-order valence-corrected chi connectivity index (χ4v) is 6.36. The van der Waals surface area contributed by atoms with Gasteiger partial charge >= 0.3 is 6.09 Å². The van der Waals surface area contributed by atoms with Crippen molar-refractivity contribution in [1.29, 1.82) is 0 Å². The molecular formula is C26H31ClFN5O5. The molecule has 3 aliphatic heterocycles.